The van der Waals surface area contributed by atoms with E-state index in [9.17, 15) is 22.4 Å². The second kappa shape index (κ2) is 6.71. The molecule has 0 aromatic heterocycles. The molecular formula is C18H26F4O3. The molecule has 4 rings (SSSR count). The lowest BCUT2D eigenvalue weighted by molar-refractivity contribution is -0.341. The van der Waals surface area contributed by atoms with Gasteiger partial charge in [-0.05, 0) is 69.1 Å². The highest BCUT2D eigenvalue weighted by Crippen LogP contribution is 2.60. The Morgan fingerprint density at radius 2 is 1.44 bits per heavy atom. The number of hydrogen-bond acceptors (Lipinski definition) is 3. The van der Waals surface area contributed by atoms with Crippen molar-refractivity contribution < 1.29 is 31.8 Å². The Morgan fingerprint density at radius 3 is 1.92 bits per heavy atom. The van der Waals surface area contributed by atoms with Crippen molar-refractivity contribution in [2.45, 2.75) is 70.3 Å². The van der Waals surface area contributed by atoms with Gasteiger partial charge in [0.25, 0.3) is 0 Å². The summed E-state index contributed by atoms with van der Waals surface area (Å²) in [6.45, 7) is -0.246. The smallest absolute Gasteiger partial charge is 0.419 e. The van der Waals surface area contributed by atoms with Crippen LogP contribution in [0.1, 0.15) is 58.3 Å². The van der Waals surface area contributed by atoms with E-state index >= 15 is 0 Å². The third-order valence-corrected chi connectivity index (χ3v) is 6.04. The zero-order valence-corrected chi connectivity index (χ0v) is 14.5. The molecule has 7 heteroatoms. The summed E-state index contributed by atoms with van der Waals surface area (Å²) >= 11 is 0. The maximum atomic E-state index is 12.9. The van der Waals surface area contributed by atoms with Gasteiger partial charge in [-0.3, -0.25) is 4.79 Å². The van der Waals surface area contributed by atoms with Crippen molar-refractivity contribution in [3.8, 4) is 0 Å². The van der Waals surface area contributed by atoms with Crippen molar-refractivity contribution in [2.75, 3.05) is 13.2 Å². The van der Waals surface area contributed by atoms with Crippen LogP contribution < -0.4 is 0 Å². The number of halogens is 4. The van der Waals surface area contributed by atoms with Crippen molar-refractivity contribution in [2.24, 2.45) is 23.2 Å². The molecule has 0 amide bonds. The van der Waals surface area contributed by atoms with E-state index in [1.807, 2.05) is 0 Å². The van der Waals surface area contributed by atoms with Crippen LogP contribution >= 0.6 is 0 Å². The molecule has 3 nitrogen and oxygen atoms in total. The summed E-state index contributed by atoms with van der Waals surface area (Å²) in [7, 11) is 0. The molecule has 4 saturated carbocycles. The molecule has 0 unspecified atom stereocenters. The minimum atomic E-state index is -4.47. The van der Waals surface area contributed by atoms with Crippen LogP contribution in [-0.2, 0) is 14.3 Å². The third kappa shape index (κ3) is 3.96. The van der Waals surface area contributed by atoms with E-state index in [2.05, 4.69) is 4.74 Å². The first kappa shape index (κ1) is 18.9. The summed E-state index contributed by atoms with van der Waals surface area (Å²) in [6, 6.07) is 0. The van der Waals surface area contributed by atoms with E-state index in [1.165, 1.54) is 19.3 Å². The summed E-state index contributed by atoms with van der Waals surface area (Å²) in [5, 5.41) is 0. The number of rotatable bonds is 8. The van der Waals surface area contributed by atoms with E-state index in [0.29, 0.717) is 24.2 Å². The minimum Gasteiger partial charge on any atom is -0.465 e. The van der Waals surface area contributed by atoms with Crippen LogP contribution in [0, 0.1) is 23.2 Å². The van der Waals surface area contributed by atoms with Gasteiger partial charge < -0.3 is 9.47 Å². The summed E-state index contributed by atoms with van der Waals surface area (Å²) < 4.78 is 60.4. The second-order valence-corrected chi connectivity index (χ2v) is 8.29. The fourth-order valence-electron chi connectivity index (χ4n) is 5.21. The van der Waals surface area contributed by atoms with Crippen molar-refractivity contribution in [3.63, 3.8) is 0 Å². The topological polar surface area (TPSA) is 35.5 Å². The Hall–Kier alpha value is -0.850. The molecule has 0 atom stereocenters. The lowest BCUT2D eigenvalue weighted by Gasteiger charge is -2.55. The standard InChI is InChI=1S/C18H26F4O3/c1-16(19,20)18(21,22)25-5-3-2-4-24-15(23)17-9-12-6-13(10-17)8-14(7-12)11-17/h12-14H,2-11H2,1H3. The zero-order valence-electron chi connectivity index (χ0n) is 14.5. The second-order valence-electron chi connectivity index (χ2n) is 8.29. The van der Waals surface area contributed by atoms with E-state index < -0.39 is 18.6 Å². The Balaban J connectivity index is 1.36. The minimum absolute atomic E-state index is 0.123. The van der Waals surface area contributed by atoms with Crippen LogP contribution in [-0.4, -0.2) is 31.2 Å². The van der Waals surface area contributed by atoms with Crippen LogP contribution in [0.3, 0.4) is 0 Å². The SMILES string of the molecule is CC(F)(F)C(F)(F)OCCCCOC(=O)C12CC3CC(CC(C3)C1)C2. The van der Waals surface area contributed by atoms with Gasteiger partial charge in [-0.15, -0.1) is 0 Å². The molecule has 0 radical (unpaired) electrons. The molecule has 4 bridgehead atoms. The Morgan fingerprint density at radius 1 is 0.960 bits per heavy atom. The number of alkyl halides is 4. The molecule has 4 aliphatic rings. The zero-order chi connectivity index (χ0) is 18.3. The molecule has 4 fully saturated rings. The van der Waals surface area contributed by atoms with Gasteiger partial charge in [0.15, 0.2) is 0 Å². The Kier molecular flexibility index (Phi) is 5.08. The first-order valence-electron chi connectivity index (χ1n) is 9.18. The first-order chi connectivity index (χ1) is 11.6. The average Bonchev–Trinajstić information content (AvgIpc) is 2.48. The summed E-state index contributed by atoms with van der Waals surface area (Å²) in [6.07, 6.45) is 2.45. The summed E-state index contributed by atoms with van der Waals surface area (Å²) in [5.41, 5.74) is -0.331. The van der Waals surface area contributed by atoms with Gasteiger partial charge in [0, 0.05) is 6.92 Å². The number of carbonyl (C=O) groups excluding carboxylic acids is 1. The van der Waals surface area contributed by atoms with Gasteiger partial charge in [-0.25, -0.2) is 0 Å². The maximum absolute atomic E-state index is 12.9. The highest BCUT2D eigenvalue weighted by molar-refractivity contribution is 5.77. The van der Waals surface area contributed by atoms with E-state index in [1.54, 1.807) is 0 Å². The van der Waals surface area contributed by atoms with Gasteiger partial charge >= 0.3 is 18.0 Å². The van der Waals surface area contributed by atoms with E-state index in [0.717, 1.165) is 19.3 Å². The molecule has 0 aliphatic heterocycles. The third-order valence-electron chi connectivity index (χ3n) is 6.04. The quantitative estimate of drug-likeness (QED) is 0.352. The number of carbonyl (C=O) groups is 1. The average molecular weight is 366 g/mol. The van der Waals surface area contributed by atoms with Crippen molar-refractivity contribution >= 4 is 5.97 Å². The number of ether oxygens (including phenoxy) is 2. The molecule has 4 aliphatic carbocycles. The van der Waals surface area contributed by atoms with Gasteiger partial charge in [0.2, 0.25) is 0 Å². The fourth-order valence-corrected chi connectivity index (χ4v) is 5.21. The number of esters is 1. The summed E-state index contributed by atoms with van der Waals surface area (Å²) in [4.78, 5) is 12.5. The molecule has 0 N–H and O–H groups in total. The Labute approximate surface area is 145 Å². The molecule has 0 aromatic carbocycles. The molecular weight excluding hydrogens is 340 g/mol. The summed E-state index contributed by atoms with van der Waals surface area (Å²) in [5.74, 6) is -2.43. The lowest BCUT2D eigenvalue weighted by atomic mass is 9.49. The van der Waals surface area contributed by atoms with Gasteiger partial charge in [0.05, 0.1) is 18.6 Å². The highest BCUT2D eigenvalue weighted by atomic mass is 19.3. The predicted molar refractivity (Wildman–Crippen MR) is 82.3 cm³/mol. The largest absolute Gasteiger partial charge is 0.465 e. The maximum Gasteiger partial charge on any atom is 0.419 e. The Bertz CT molecular complexity index is 466. The normalized spacial score (nSPS) is 34.4. The van der Waals surface area contributed by atoms with Gasteiger partial charge in [-0.1, -0.05) is 0 Å². The molecule has 0 aromatic rings. The van der Waals surface area contributed by atoms with E-state index in [4.69, 9.17) is 4.74 Å². The van der Waals surface area contributed by atoms with Gasteiger partial charge in [-0.2, -0.15) is 17.6 Å². The molecule has 0 saturated heterocycles. The van der Waals surface area contributed by atoms with Crippen LogP contribution in [0.25, 0.3) is 0 Å². The van der Waals surface area contributed by atoms with Crippen LogP contribution in [0.2, 0.25) is 0 Å². The van der Waals surface area contributed by atoms with E-state index in [-0.39, 0.29) is 31.3 Å². The number of hydrogen-bond donors (Lipinski definition) is 0. The predicted octanol–water partition coefficient (Wildman–Crippen LogP) is 4.79. The first-order valence-corrected chi connectivity index (χ1v) is 9.18. The molecule has 0 spiro atoms. The van der Waals surface area contributed by atoms with Crippen LogP contribution in [0.15, 0.2) is 0 Å². The lowest BCUT2D eigenvalue weighted by Crippen LogP contribution is -2.50. The molecule has 0 heterocycles. The van der Waals surface area contributed by atoms with Gasteiger partial charge in [0.1, 0.15) is 0 Å². The van der Waals surface area contributed by atoms with Crippen molar-refractivity contribution in [1.82, 2.24) is 0 Å². The molecule has 25 heavy (non-hydrogen) atoms. The number of unbranched alkanes of at least 4 members (excludes halogenated alkanes) is 1. The fraction of sp³-hybridized carbons (Fsp3) is 0.944. The monoisotopic (exact) mass is 366 g/mol. The van der Waals surface area contributed by atoms with Crippen molar-refractivity contribution in [3.05, 3.63) is 0 Å². The van der Waals surface area contributed by atoms with Crippen LogP contribution in [0.4, 0.5) is 17.6 Å². The van der Waals surface area contributed by atoms with Crippen molar-refractivity contribution in [1.29, 1.82) is 0 Å². The molecule has 144 valence electrons. The van der Waals surface area contributed by atoms with Crippen LogP contribution in [0.5, 0.6) is 0 Å². The highest BCUT2D eigenvalue weighted by Gasteiger charge is 2.55.